The number of nitrogens with one attached hydrogen (secondary N) is 1. The van der Waals surface area contributed by atoms with Crippen molar-refractivity contribution in [3.8, 4) is 0 Å². The van der Waals surface area contributed by atoms with Gasteiger partial charge in [0.05, 0.1) is 6.04 Å². The summed E-state index contributed by atoms with van der Waals surface area (Å²) in [5.41, 5.74) is 6.26. The van der Waals surface area contributed by atoms with Gasteiger partial charge in [-0.1, -0.05) is 35.9 Å². The van der Waals surface area contributed by atoms with Crippen LogP contribution in [0.25, 0.3) is 0 Å². The number of benzene rings is 2. The van der Waals surface area contributed by atoms with Crippen LogP contribution >= 0.6 is 11.6 Å². The predicted molar refractivity (Wildman–Crippen MR) is 117 cm³/mol. The standard InChI is InChI=1S/C24H31ClN2O/c1-16-12-18(3)23(13-17(16)2)19(4)26-24(28)21-8-10-27(11-9-21)15-20-6-5-7-22(25)14-20/h5-7,12-14,19,21H,8-11,15H2,1-4H3,(H,26,28). The lowest BCUT2D eigenvalue weighted by Crippen LogP contribution is -2.41. The maximum Gasteiger partial charge on any atom is 0.223 e. The second-order valence-corrected chi connectivity index (χ2v) is 8.64. The highest BCUT2D eigenvalue weighted by Gasteiger charge is 2.26. The zero-order valence-electron chi connectivity index (χ0n) is 17.4. The maximum absolute atomic E-state index is 12.8. The summed E-state index contributed by atoms with van der Waals surface area (Å²) in [7, 11) is 0. The third-order valence-electron chi connectivity index (χ3n) is 5.96. The maximum atomic E-state index is 12.8. The van der Waals surface area contributed by atoms with Crippen LogP contribution in [0.5, 0.6) is 0 Å². The van der Waals surface area contributed by atoms with Crippen LogP contribution in [0.4, 0.5) is 0 Å². The van der Waals surface area contributed by atoms with Crippen molar-refractivity contribution in [2.75, 3.05) is 13.1 Å². The molecule has 0 aromatic heterocycles. The van der Waals surface area contributed by atoms with E-state index in [2.05, 4.69) is 56.1 Å². The first-order valence-corrected chi connectivity index (χ1v) is 10.6. The Bertz CT molecular complexity index is 840. The van der Waals surface area contributed by atoms with E-state index in [-0.39, 0.29) is 17.9 Å². The second kappa shape index (κ2) is 9.11. The smallest absolute Gasteiger partial charge is 0.223 e. The SMILES string of the molecule is Cc1cc(C)c(C(C)NC(=O)C2CCN(Cc3cccc(Cl)c3)CC2)cc1C. The van der Waals surface area contributed by atoms with E-state index in [4.69, 9.17) is 11.6 Å². The summed E-state index contributed by atoms with van der Waals surface area (Å²) in [5.74, 6) is 0.289. The molecule has 1 atom stereocenters. The van der Waals surface area contributed by atoms with Crippen molar-refractivity contribution in [3.05, 3.63) is 69.2 Å². The molecule has 1 aliphatic rings. The Hall–Kier alpha value is -1.84. The molecule has 1 heterocycles. The molecule has 2 aromatic rings. The van der Waals surface area contributed by atoms with Crippen molar-refractivity contribution >= 4 is 17.5 Å². The molecule has 0 bridgehead atoms. The van der Waals surface area contributed by atoms with Gasteiger partial charge in [-0.15, -0.1) is 0 Å². The highest BCUT2D eigenvalue weighted by atomic mass is 35.5. The Morgan fingerprint density at radius 1 is 1.11 bits per heavy atom. The number of nitrogens with zero attached hydrogens (tertiary/aromatic N) is 1. The van der Waals surface area contributed by atoms with Gasteiger partial charge in [0.25, 0.3) is 0 Å². The van der Waals surface area contributed by atoms with E-state index in [1.807, 2.05) is 18.2 Å². The Kier molecular flexibility index (Phi) is 6.79. The fraction of sp³-hybridized carbons (Fsp3) is 0.458. The fourth-order valence-electron chi connectivity index (χ4n) is 4.11. The number of hydrogen-bond acceptors (Lipinski definition) is 2. The van der Waals surface area contributed by atoms with Crippen LogP contribution in [0.1, 0.15) is 53.6 Å². The van der Waals surface area contributed by atoms with Crippen molar-refractivity contribution in [3.63, 3.8) is 0 Å². The highest BCUT2D eigenvalue weighted by molar-refractivity contribution is 6.30. The molecule has 0 radical (unpaired) electrons. The minimum atomic E-state index is 0.0382. The third kappa shape index (κ3) is 5.15. The lowest BCUT2D eigenvalue weighted by atomic mass is 9.93. The van der Waals surface area contributed by atoms with Gasteiger partial charge in [-0.2, -0.15) is 0 Å². The fourth-order valence-corrected chi connectivity index (χ4v) is 4.32. The molecule has 4 heteroatoms. The molecular weight excluding hydrogens is 368 g/mol. The summed E-state index contributed by atoms with van der Waals surface area (Å²) in [6.07, 6.45) is 1.82. The molecule has 1 fully saturated rings. The van der Waals surface area contributed by atoms with E-state index in [9.17, 15) is 4.79 Å². The zero-order chi connectivity index (χ0) is 20.3. The zero-order valence-corrected chi connectivity index (χ0v) is 18.1. The number of halogens is 1. The molecule has 0 spiro atoms. The molecule has 28 heavy (non-hydrogen) atoms. The number of piperidine rings is 1. The number of amides is 1. The van der Waals surface area contributed by atoms with Crippen LogP contribution in [0.15, 0.2) is 36.4 Å². The third-order valence-corrected chi connectivity index (χ3v) is 6.20. The van der Waals surface area contributed by atoms with Gasteiger partial charge in [-0.25, -0.2) is 0 Å². The van der Waals surface area contributed by atoms with Gasteiger partial charge in [0.2, 0.25) is 5.91 Å². The Morgan fingerprint density at radius 3 is 2.46 bits per heavy atom. The largest absolute Gasteiger partial charge is 0.349 e. The number of likely N-dealkylation sites (tertiary alicyclic amines) is 1. The number of carbonyl (C=O) groups is 1. The van der Waals surface area contributed by atoms with Crippen LogP contribution in [-0.2, 0) is 11.3 Å². The van der Waals surface area contributed by atoms with Gasteiger partial charge in [0, 0.05) is 17.5 Å². The van der Waals surface area contributed by atoms with Gasteiger partial charge in [-0.05, 0) is 93.6 Å². The van der Waals surface area contributed by atoms with Gasteiger partial charge in [0.15, 0.2) is 0 Å². The molecule has 150 valence electrons. The normalized spacial score (nSPS) is 16.8. The summed E-state index contributed by atoms with van der Waals surface area (Å²) < 4.78 is 0. The lowest BCUT2D eigenvalue weighted by Gasteiger charge is -2.32. The van der Waals surface area contributed by atoms with E-state index in [0.29, 0.717) is 0 Å². The molecule has 1 unspecified atom stereocenters. The van der Waals surface area contributed by atoms with Crippen LogP contribution in [0, 0.1) is 26.7 Å². The van der Waals surface area contributed by atoms with Gasteiger partial charge in [0.1, 0.15) is 0 Å². The van der Waals surface area contributed by atoms with E-state index in [1.54, 1.807) is 0 Å². The quantitative estimate of drug-likeness (QED) is 0.735. The van der Waals surface area contributed by atoms with Crippen molar-refractivity contribution < 1.29 is 4.79 Å². The molecule has 0 saturated carbocycles. The van der Waals surface area contributed by atoms with Crippen LogP contribution in [-0.4, -0.2) is 23.9 Å². The lowest BCUT2D eigenvalue weighted by molar-refractivity contribution is -0.127. The van der Waals surface area contributed by atoms with Gasteiger partial charge >= 0.3 is 0 Å². The number of carbonyl (C=O) groups excluding carboxylic acids is 1. The van der Waals surface area contributed by atoms with Gasteiger partial charge in [-0.3, -0.25) is 9.69 Å². The average Bonchev–Trinajstić information content (AvgIpc) is 2.65. The molecule has 1 amide bonds. The molecule has 1 aliphatic heterocycles. The van der Waals surface area contributed by atoms with E-state index in [1.165, 1.54) is 27.8 Å². The number of hydrogen-bond donors (Lipinski definition) is 1. The van der Waals surface area contributed by atoms with Crippen molar-refractivity contribution in [1.29, 1.82) is 0 Å². The summed E-state index contributed by atoms with van der Waals surface area (Å²) in [4.78, 5) is 15.2. The van der Waals surface area contributed by atoms with Crippen molar-refractivity contribution in [1.82, 2.24) is 10.2 Å². The molecule has 1 N–H and O–H groups in total. The summed E-state index contributed by atoms with van der Waals surface area (Å²) in [5, 5.41) is 4.03. The minimum absolute atomic E-state index is 0.0382. The first-order chi connectivity index (χ1) is 13.3. The van der Waals surface area contributed by atoms with Gasteiger partial charge < -0.3 is 5.32 Å². The summed E-state index contributed by atoms with van der Waals surface area (Å²) >= 11 is 6.08. The Morgan fingerprint density at radius 2 is 1.79 bits per heavy atom. The monoisotopic (exact) mass is 398 g/mol. The first kappa shape index (κ1) is 20.9. The number of aryl methyl sites for hydroxylation is 3. The second-order valence-electron chi connectivity index (χ2n) is 8.20. The first-order valence-electron chi connectivity index (χ1n) is 10.2. The Balaban J connectivity index is 1.53. The predicted octanol–water partition coefficient (Wildman–Crippen LogP) is 5.35. The number of rotatable bonds is 5. The average molecular weight is 399 g/mol. The molecule has 2 aromatic carbocycles. The van der Waals surface area contributed by atoms with E-state index >= 15 is 0 Å². The topological polar surface area (TPSA) is 32.3 Å². The molecule has 3 rings (SSSR count). The molecule has 1 saturated heterocycles. The van der Waals surface area contributed by atoms with Crippen molar-refractivity contribution in [2.24, 2.45) is 5.92 Å². The molecule has 3 nitrogen and oxygen atoms in total. The van der Waals surface area contributed by atoms with Crippen LogP contribution in [0.3, 0.4) is 0 Å². The Labute approximate surface area is 174 Å². The molecule has 0 aliphatic carbocycles. The highest BCUT2D eigenvalue weighted by Crippen LogP contribution is 2.24. The summed E-state index contributed by atoms with van der Waals surface area (Å²) in [6, 6.07) is 12.5. The van der Waals surface area contributed by atoms with Crippen LogP contribution in [0.2, 0.25) is 5.02 Å². The summed E-state index contributed by atoms with van der Waals surface area (Å²) in [6.45, 7) is 11.3. The van der Waals surface area contributed by atoms with Crippen molar-refractivity contribution in [2.45, 2.75) is 53.1 Å². The van der Waals surface area contributed by atoms with E-state index < -0.39 is 0 Å². The molecular formula is C24H31ClN2O. The minimum Gasteiger partial charge on any atom is -0.349 e. The van der Waals surface area contributed by atoms with E-state index in [0.717, 1.165) is 37.5 Å². The van der Waals surface area contributed by atoms with Crippen LogP contribution < -0.4 is 5.32 Å².